The van der Waals surface area contributed by atoms with E-state index >= 15 is 0 Å². The summed E-state index contributed by atoms with van der Waals surface area (Å²) in [6, 6.07) is -1.14. The molecule has 0 aromatic heterocycles. The van der Waals surface area contributed by atoms with Crippen molar-refractivity contribution in [3.05, 3.63) is 0 Å². The molecule has 4 heteroatoms. The first kappa shape index (κ1) is 13.4. The Labute approximate surface area is 85.1 Å². The van der Waals surface area contributed by atoms with Crippen molar-refractivity contribution in [2.24, 2.45) is 5.73 Å². The summed E-state index contributed by atoms with van der Waals surface area (Å²) in [5, 5.41) is 17.8. The fourth-order valence-corrected chi connectivity index (χ4v) is 1.30. The maximum atomic E-state index is 10.4. The Bertz CT molecular complexity index is 161. The van der Waals surface area contributed by atoms with Crippen molar-refractivity contribution in [2.45, 2.75) is 57.6 Å². The van der Waals surface area contributed by atoms with Crippen molar-refractivity contribution >= 4 is 5.97 Å². The molecule has 0 saturated carbocycles. The SMILES string of the molecule is CCCCCCC[C@@H](O)[C@H](N)C(=O)O. The van der Waals surface area contributed by atoms with Crippen LogP contribution in [0, 0.1) is 0 Å². The van der Waals surface area contributed by atoms with E-state index in [0.717, 1.165) is 19.3 Å². The molecule has 0 saturated heterocycles. The van der Waals surface area contributed by atoms with Crippen molar-refractivity contribution in [1.82, 2.24) is 0 Å². The van der Waals surface area contributed by atoms with Crippen molar-refractivity contribution < 1.29 is 15.0 Å². The van der Waals surface area contributed by atoms with Crippen molar-refractivity contribution in [3.63, 3.8) is 0 Å². The molecule has 14 heavy (non-hydrogen) atoms. The molecule has 0 unspecified atom stereocenters. The van der Waals surface area contributed by atoms with Gasteiger partial charge in [-0.05, 0) is 6.42 Å². The summed E-state index contributed by atoms with van der Waals surface area (Å²) < 4.78 is 0. The van der Waals surface area contributed by atoms with Gasteiger partial charge >= 0.3 is 5.97 Å². The summed E-state index contributed by atoms with van der Waals surface area (Å²) in [5.41, 5.74) is 5.25. The van der Waals surface area contributed by atoms with Crippen LogP contribution in [-0.4, -0.2) is 28.3 Å². The largest absolute Gasteiger partial charge is 0.480 e. The summed E-state index contributed by atoms with van der Waals surface area (Å²) in [5.74, 6) is -1.13. The number of nitrogens with two attached hydrogens (primary N) is 1. The first-order chi connectivity index (χ1) is 6.59. The zero-order chi connectivity index (χ0) is 11.0. The minimum absolute atomic E-state index is 0.483. The van der Waals surface area contributed by atoms with Gasteiger partial charge in [0.25, 0.3) is 0 Å². The number of aliphatic hydroxyl groups excluding tert-OH is 1. The summed E-state index contributed by atoms with van der Waals surface area (Å²) >= 11 is 0. The van der Waals surface area contributed by atoms with Gasteiger partial charge in [-0.15, -0.1) is 0 Å². The quantitative estimate of drug-likeness (QED) is 0.516. The van der Waals surface area contributed by atoms with E-state index in [2.05, 4.69) is 6.92 Å². The highest BCUT2D eigenvalue weighted by Crippen LogP contribution is 2.08. The number of hydrogen-bond acceptors (Lipinski definition) is 3. The van der Waals surface area contributed by atoms with E-state index in [0.29, 0.717) is 6.42 Å². The van der Waals surface area contributed by atoms with Gasteiger partial charge in [-0.25, -0.2) is 0 Å². The van der Waals surface area contributed by atoms with E-state index in [1.165, 1.54) is 12.8 Å². The Morgan fingerprint density at radius 1 is 1.29 bits per heavy atom. The van der Waals surface area contributed by atoms with Crippen LogP contribution in [0.4, 0.5) is 0 Å². The first-order valence-electron chi connectivity index (χ1n) is 5.26. The van der Waals surface area contributed by atoms with Gasteiger partial charge < -0.3 is 15.9 Å². The number of carboxylic acids is 1. The molecule has 0 rings (SSSR count). The summed E-state index contributed by atoms with van der Waals surface area (Å²) in [6.07, 6.45) is 4.98. The van der Waals surface area contributed by atoms with Crippen LogP contribution >= 0.6 is 0 Å². The summed E-state index contributed by atoms with van der Waals surface area (Å²) in [6.45, 7) is 2.13. The highest BCUT2D eigenvalue weighted by Gasteiger charge is 2.20. The third-order valence-electron chi connectivity index (χ3n) is 2.30. The minimum Gasteiger partial charge on any atom is -0.480 e. The molecule has 0 aliphatic carbocycles. The second kappa shape index (κ2) is 7.76. The van der Waals surface area contributed by atoms with E-state index in [-0.39, 0.29) is 0 Å². The number of hydrogen-bond donors (Lipinski definition) is 3. The van der Waals surface area contributed by atoms with Crippen LogP contribution < -0.4 is 5.73 Å². The Morgan fingerprint density at radius 3 is 2.36 bits per heavy atom. The van der Waals surface area contributed by atoms with E-state index in [9.17, 15) is 9.90 Å². The molecule has 0 radical (unpaired) electrons. The third-order valence-corrected chi connectivity index (χ3v) is 2.30. The molecule has 0 aromatic rings. The molecule has 0 aromatic carbocycles. The molecule has 0 aliphatic heterocycles. The summed E-state index contributed by atoms with van der Waals surface area (Å²) in [7, 11) is 0. The standard InChI is InChI=1S/C10H21NO3/c1-2-3-4-5-6-7-8(12)9(11)10(13)14/h8-9,12H,2-7,11H2,1H3,(H,13,14)/t8-,9+/m1/s1. The van der Waals surface area contributed by atoms with Gasteiger partial charge in [0.15, 0.2) is 0 Å². The van der Waals surface area contributed by atoms with Gasteiger partial charge in [0.05, 0.1) is 6.10 Å². The molecule has 4 nitrogen and oxygen atoms in total. The molecule has 0 aliphatic rings. The van der Waals surface area contributed by atoms with Crippen LogP contribution in [0.1, 0.15) is 45.4 Å². The predicted molar refractivity (Wildman–Crippen MR) is 55.0 cm³/mol. The zero-order valence-electron chi connectivity index (χ0n) is 8.78. The van der Waals surface area contributed by atoms with E-state index < -0.39 is 18.1 Å². The van der Waals surface area contributed by atoms with Gasteiger partial charge in [-0.1, -0.05) is 39.0 Å². The molecule has 2 atom stereocenters. The summed E-state index contributed by atoms with van der Waals surface area (Å²) in [4.78, 5) is 10.4. The molecular formula is C10H21NO3. The highest BCUT2D eigenvalue weighted by atomic mass is 16.4. The van der Waals surface area contributed by atoms with Gasteiger partial charge in [0, 0.05) is 0 Å². The number of carboxylic acid groups (broad SMARTS) is 1. The minimum atomic E-state index is -1.14. The number of unbranched alkanes of at least 4 members (excludes halogenated alkanes) is 4. The van der Waals surface area contributed by atoms with Crippen LogP contribution in [-0.2, 0) is 4.79 Å². The van der Waals surface area contributed by atoms with Gasteiger partial charge in [-0.3, -0.25) is 4.79 Å². The van der Waals surface area contributed by atoms with Gasteiger partial charge in [0.1, 0.15) is 6.04 Å². The normalized spacial score (nSPS) is 15.1. The van der Waals surface area contributed by atoms with Crippen LogP contribution in [0.5, 0.6) is 0 Å². The molecule has 4 N–H and O–H groups in total. The number of aliphatic carboxylic acids is 1. The molecule has 0 spiro atoms. The number of rotatable bonds is 8. The molecule has 0 bridgehead atoms. The fraction of sp³-hybridized carbons (Fsp3) is 0.900. The predicted octanol–water partition coefficient (Wildman–Crippen LogP) is 1.12. The average molecular weight is 203 g/mol. The van der Waals surface area contributed by atoms with Crippen LogP contribution in [0.25, 0.3) is 0 Å². The lowest BCUT2D eigenvalue weighted by Gasteiger charge is -2.14. The van der Waals surface area contributed by atoms with Crippen LogP contribution in [0.2, 0.25) is 0 Å². The Hall–Kier alpha value is -0.610. The topological polar surface area (TPSA) is 83.5 Å². The molecule has 84 valence electrons. The van der Waals surface area contributed by atoms with Crippen molar-refractivity contribution in [3.8, 4) is 0 Å². The zero-order valence-corrected chi connectivity index (χ0v) is 8.78. The Kier molecular flexibility index (Phi) is 7.42. The maximum absolute atomic E-state index is 10.4. The fourth-order valence-electron chi connectivity index (χ4n) is 1.30. The lowest BCUT2D eigenvalue weighted by Crippen LogP contribution is -2.41. The molecule has 0 amide bonds. The maximum Gasteiger partial charge on any atom is 0.323 e. The number of carbonyl (C=O) groups is 1. The molecule has 0 fully saturated rings. The van der Waals surface area contributed by atoms with Crippen LogP contribution in [0.15, 0.2) is 0 Å². The van der Waals surface area contributed by atoms with Crippen LogP contribution in [0.3, 0.4) is 0 Å². The van der Waals surface area contributed by atoms with E-state index in [1.807, 2.05) is 0 Å². The Balaban J connectivity index is 3.43. The smallest absolute Gasteiger partial charge is 0.323 e. The van der Waals surface area contributed by atoms with E-state index in [1.54, 1.807) is 0 Å². The molecule has 0 heterocycles. The third kappa shape index (κ3) is 5.94. The second-order valence-electron chi connectivity index (χ2n) is 3.63. The monoisotopic (exact) mass is 203 g/mol. The van der Waals surface area contributed by atoms with Gasteiger partial charge in [-0.2, -0.15) is 0 Å². The highest BCUT2D eigenvalue weighted by molar-refractivity contribution is 5.73. The first-order valence-corrected chi connectivity index (χ1v) is 5.26. The number of aliphatic hydroxyl groups is 1. The molecular weight excluding hydrogens is 182 g/mol. The van der Waals surface area contributed by atoms with Crippen molar-refractivity contribution in [2.75, 3.05) is 0 Å². The lowest BCUT2D eigenvalue weighted by molar-refractivity contribution is -0.141. The Morgan fingerprint density at radius 2 is 1.86 bits per heavy atom. The average Bonchev–Trinajstić information content (AvgIpc) is 2.16. The van der Waals surface area contributed by atoms with Crippen molar-refractivity contribution in [1.29, 1.82) is 0 Å². The second-order valence-corrected chi connectivity index (χ2v) is 3.63. The van der Waals surface area contributed by atoms with E-state index in [4.69, 9.17) is 10.8 Å². The van der Waals surface area contributed by atoms with Gasteiger partial charge in [0.2, 0.25) is 0 Å². The lowest BCUT2D eigenvalue weighted by atomic mass is 10.0.